The van der Waals surface area contributed by atoms with Crippen LogP contribution in [-0.2, 0) is 0 Å². The normalized spacial score (nSPS) is 27.0. The molecule has 2 nitrogen and oxygen atoms in total. The molecule has 3 heteroatoms. The first kappa shape index (κ1) is 15.3. The van der Waals surface area contributed by atoms with E-state index in [1.165, 1.54) is 71.0 Å². The van der Waals surface area contributed by atoms with E-state index in [4.69, 9.17) is 0 Å². The number of nitrogens with one attached hydrogen (secondary N) is 1. The molecule has 0 amide bonds. The number of nitrogens with zero attached hydrogens (tertiary/aromatic N) is 1. The van der Waals surface area contributed by atoms with Crippen molar-refractivity contribution in [2.45, 2.75) is 57.4 Å². The van der Waals surface area contributed by atoms with E-state index >= 15 is 0 Å². The third-order valence-electron chi connectivity index (χ3n) is 4.49. The summed E-state index contributed by atoms with van der Waals surface area (Å²) in [4.78, 5) is 2.73. The van der Waals surface area contributed by atoms with Crippen molar-refractivity contribution in [2.75, 3.05) is 26.7 Å². The molecule has 0 aromatic carbocycles. The standard InChI is InChI=1S/C14H28N2.ClH/c1-15-12-14-8-5-10-16(14)11-9-13-6-3-2-4-7-13;/h13-15H,2-12H2,1H3;1H. The van der Waals surface area contributed by atoms with Gasteiger partial charge in [-0.15, -0.1) is 12.4 Å². The summed E-state index contributed by atoms with van der Waals surface area (Å²) in [6.07, 6.45) is 11.8. The third-order valence-corrected chi connectivity index (χ3v) is 4.49. The quantitative estimate of drug-likeness (QED) is 0.817. The Morgan fingerprint density at radius 1 is 1.06 bits per heavy atom. The van der Waals surface area contributed by atoms with Crippen molar-refractivity contribution in [3.63, 3.8) is 0 Å². The topological polar surface area (TPSA) is 15.3 Å². The van der Waals surface area contributed by atoms with Crippen LogP contribution in [-0.4, -0.2) is 37.6 Å². The third kappa shape index (κ3) is 4.76. The molecule has 1 aliphatic heterocycles. The predicted octanol–water partition coefficient (Wildman–Crippen LogP) is 3.06. The Labute approximate surface area is 113 Å². The minimum atomic E-state index is 0. The molecule has 17 heavy (non-hydrogen) atoms. The fourth-order valence-corrected chi connectivity index (χ4v) is 3.48. The molecular weight excluding hydrogens is 232 g/mol. The monoisotopic (exact) mass is 260 g/mol. The number of rotatable bonds is 5. The lowest BCUT2D eigenvalue weighted by atomic mass is 9.87. The van der Waals surface area contributed by atoms with Gasteiger partial charge in [0.25, 0.3) is 0 Å². The van der Waals surface area contributed by atoms with Gasteiger partial charge >= 0.3 is 0 Å². The lowest BCUT2D eigenvalue weighted by Gasteiger charge is -2.28. The van der Waals surface area contributed by atoms with E-state index in [-0.39, 0.29) is 12.4 Å². The molecule has 1 saturated heterocycles. The minimum Gasteiger partial charge on any atom is -0.318 e. The molecule has 1 aliphatic carbocycles. The molecule has 0 aromatic heterocycles. The maximum Gasteiger partial charge on any atom is 0.0220 e. The molecule has 2 rings (SSSR count). The van der Waals surface area contributed by atoms with Gasteiger partial charge in [-0.3, -0.25) is 4.90 Å². The van der Waals surface area contributed by atoms with E-state index < -0.39 is 0 Å². The summed E-state index contributed by atoms with van der Waals surface area (Å²) < 4.78 is 0. The van der Waals surface area contributed by atoms with Gasteiger partial charge in [0.05, 0.1) is 0 Å². The van der Waals surface area contributed by atoms with Crippen LogP contribution in [0.2, 0.25) is 0 Å². The fourth-order valence-electron chi connectivity index (χ4n) is 3.48. The SMILES string of the molecule is CNCC1CCCN1CCC1CCCCC1.Cl. The van der Waals surface area contributed by atoms with Gasteiger partial charge in [-0.1, -0.05) is 32.1 Å². The van der Waals surface area contributed by atoms with Gasteiger partial charge in [0.2, 0.25) is 0 Å². The van der Waals surface area contributed by atoms with Crippen molar-refractivity contribution >= 4 is 12.4 Å². The van der Waals surface area contributed by atoms with E-state index in [0.717, 1.165) is 12.0 Å². The Bertz CT molecular complexity index is 193. The Balaban J connectivity index is 0.00000144. The van der Waals surface area contributed by atoms with Gasteiger partial charge in [-0.25, -0.2) is 0 Å². The molecule has 102 valence electrons. The van der Waals surface area contributed by atoms with E-state index in [1.54, 1.807) is 0 Å². The second-order valence-electron chi connectivity index (χ2n) is 5.68. The van der Waals surface area contributed by atoms with Crippen LogP contribution in [0.25, 0.3) is 0 Å². The van der Waals surface area contributed by atoms with Gasteiger partial charge in [-0.2, -0.15) is 0 Å². The summed E-state index contributed by atoms with van der Waals surface area (Å²) in [6, 6.07) is 0.827. The first-order valence-electron chi connectivity index (χ1n) is 7.29. The van der Waals surface area contributed by atoms with E-state index in [0.29, 0.717) is 0 Å². The molecule has 0 aromatic rings. The lowest BCUT2D eigenvalue weighted by molar-refractivity contribution is 0.216. The molecule has 0 spiro atoms. The summed E-state index contributed by atoms with van der Waals surface area (Å²) in [5.74, 6) is 1.05. The van der Waals surface area contributed by atoms with Crippen molar-refractivity contribution < 1.29 is 0 Å². The Kier molecular flexibility index (Phi) is 7.49. The number of likely N-dealkylation sites (tertiary alicyclic amines) is 1. The summed E-state index contributed by atoms with van der Waals surface area (Å²) in [6.45, 7) is 3.89. The largest absolute Gasteiger partial charge is 0.318 e. The van der Waals surface area contributed by atoms with E-state index in [1.807, 2.05) is 0 Å². The highest BCUT2D eigenvalue weighted by Gasteiger charge is 2.24. The van der Waals surface area contributed by atoms with Crippen LogP contribution in [0.15, 0.2) is 0 Å². The smallest absolute Gasteiger partial charge is 0.0220 e. The van der Waals surface area contributed by atoms with Crippen molar-refractivity contribution in [3.8, 4) is 0 Å². The zero-order chi connectivity index (χ0) is 11.2. The molecule has 2 aliphatic rings. The second-order valence-corrected chi connectivity index (χ2v) is 5.68. The zero-order valence-corrected chi connectivity index (χ0v) is 12.1. The van der Waals surface area contributed by atoms with Crippen LogP contribution >= 0.6 is 12.4 Å². The first-order valence-corrected chi connectivity index (χ1v) is 7.29. The van der Waals surface area contributed by atoms with E-state index in [2.05, 4.69) is 17.3 Å². The van der Waals surface area contributed by atoms with Crippen LogP contribution < -0.4 is 5.32 Å². The average molecular weight is 261 g/mol. The van der Waals surface area contributed by atoms with Gasteiger partial charge in [0, 0.05) is 12.6 Å². The molecule has 2 fully saturated rings. The number of hydrogen-bond acceptors (Lipinski definition) is 2. The highest BCUT2D eigenvalue weighted by atomic mass is 35.5. The van der Waals surface area contributed by atoms with Crippen LogP contribution in [0.4, 0.5) is 0 Å². The zero-order valence-electron chi connectivity index (χ0n) is 11.3. The summed E-state index contributed by atoms with van der Waals surface area (Å²) >= 11 is 0. The predicted molar refractivity (Wildman–Crippen MR) is 77.0 cm³/mol. The molecular formula is C14H29ClN2. The maximum atomic E-state index is 3.34. The molecule has 1 atom stereocenters. The summed E-state index contributed by atoms with van der Waals surface area (Å²) in [7, 11) is 2.08. The van der Waals surface area contributed by atoms with Gasteiger partial charge in [0.1, 0.15) is 0 Å². The highest BCUT2D eigenvalue weighted by molar-refractivity contribution is 5.85. The van der Waals surface area contributed by atoms with Crippen LogP contribution in [0.5, 0.6) is 0 Å². The Morgan fingerprint density at radius 3 is 2.53 bits per heavy atom. The highest BCUT2D eigenvalue weighted by Crippen LogP contribution is 2.27. The maximum absolute atomic E-state index is 3.34. The number of halogens is 1. The molecule has 1 unspecified atom stereocenters. The Hall–Kier alpha value is 0.210. The van der Waals surface area contributed by atoms with E-state index in [9.17, 15) is 0 Å². The summed E-state index contributed by atoms with van der Waals surface area (Å²) in [5, 5.41) is 3.34. The Morgan fingerprint density at radius 2 is 1.82 bits per heavy atom. The molecule has 1 saturated carbocycles. The number of likely N-dealkylation sites (N-methyl/N-ethyl adjacent to an activating group) is 1. The van der Waals surface area contributed by atoms with Crippen molar-refractivity contribution in [1.82, 2.24) is 10.2 Å². The fraction of sp³-hybridized carbons (Fsp3) is 1.00. The first-order chi connectivity index (χ1) is 7.90. The van der Waals surface area contributed by atoms with Crippen molar-refractivity contribution in [2.24, 2.45) is 5.92 Å². The van der Waals surface area contributed by atoms with Crippen LogP contribution in [0, 0.1) is 5.92 Å². The molecule has 1 heterocycles. The molecule has 0 radical (unpaired) electrons. The van der Waals surface area contributed by atoms with Crippen LogP contribution in [0.1, 0.15) is 51.4 Å². The van der Waals surface area contributed by atoms with Crippen molar-refractivity contribution in [1.29, 1.82) is 0 Å². The minimum absolute atomic E-state index is 0. The molecule has 1 N–H and O–H groups in total. The van der Waals surface area contributed by atoms with Gasteiger partial charge in [-0.05, 0) is 45.3 Å². The average Bonchev–Trinajstić information content (AvgIpc) is 2.76. The number of hydrogen-bond donors (Lipinski definition) is 1. The lowest BCUT2D eigenvalue weighted by Crippen LogP contribution is -2.37. The van der Waals surface area contributed by atoms with Gasteiger partial charge in [0.15, 0.2) is 0 Å². The second kappa shape index (κ2) is 8.34. The summed E-state index contributed by atoms with van der Waals surface area (Å²) in [5.41, 5.74) is 0. The van der Waals surface area contributed by atoms with Crippen LogP contribution in [0.3, 0.4) is 0 Å². The van der Waals surface area contributed by atoms with Gasteiger partial charge < -0.3 is 5.32 Å². The molecule has 0 bridgehead atoms. The van der Waals surface area contributed by atoms with Crippen molar-refractivity contribution in [3.05, 3.63) is 0 Å².